The van der Waals surface area contributed by atoms with E-state index in [0.29, 0.717) is 23.4 Å². The molecule has 6 heteroatoms. The largest absolute Gasteiger partial charge is 0.353 e. The summed E-state index contributed by atoms with van der Waals surface area (Å²) in [4.78, 5) is 16.5. The molecule has 0 radical (unpaired) electrons. The first kappa shape index (κ1) is 23.5. The lowest BCUT2D eigenvalue weighted by Gasteiger charge is -2.30. The summed E-state index contributed by atoms with van der Waals surface area (Å²) in [5.74, 6) is 0.743. The second-order valence-corrected chi connectivity index (χ2v) is 10.8. The Balaban J connectivity index is 1.47. The van der Waals surface area contributed by atoms with Crippen molar-refractivity contribution in [3.8, 4) is 22.4 Å². The standard InChI is InChI=1S/C27H33ClN4O/c1-27(2,3)17-24(33)30-22-10-4-18(5-11-22)16-23-25(19-12-14-29-15-13-19)26(32-31-23)20-6-8-21(28)9-7-20/h6-9,12-15,18,22H,4-5,10-11,16-17H2,1-3H3,(H,30,33)(H,31,32)/t18-,22+. The number of nitrogens with zero attached hydrogens (tertiary/aromatic N) is 2. The number of H-pyrrole nitrogens is 1. The molecule has 1 amide bonds. The number of benzene rings is 1. The van der Waals surface area contributed by atoms with Crippen LogP contribution in [0.2, 0.25) is 5.02 Å². The predicted molar refractivity (Wildman–Crippen MR) is 134 cm³/mol. The molecule has 1 aromatic carbocycles. The molecule has 174 valence electrons. The quantitative estimate of drug-likeness (QED) is 0.440. The molecule has 0 unspecified atom stereocenters. The van der Waals surface area contributed by atoms with Gasteiger partial charge in [0.2, 0.25) is 5.91 Å². The first-order valence-corrected chi connectivity index (χ1v) is 12.2. The molecule has 0 saturated heterocycles. The highest BCUT2D eigenvalue weighted by Gasteiger charge is 2.26. The van der Waals surface area contributed by atoms with Crippen molar-refractivity contribution < 1.29 is 4.79 Å². The van der Waals surface area contributed by atoms with Crippen molar-refractivity contribution in [1.29, 1.82) is 0 Å². The molecule has 4 rings (SSSR count). The third-order valence-electron chi connectivity index (χ3n) is 6.32. The van der Waals surface area contributed by atoms with Crippen molar-refractivity contribution in [3.05, 3.63) is 59.5 Å². The van der Waals surface area contributed by atoms with Gasteiger partial charge in [0.1, 0.15) is 5.69 Å². The fourth-order valence-corrected chi connectivity index (χ4v) is 4.86. The minimum atomic E-state index is 0.0209. The summed E-state index contributed by atoms with van der Waals surface area (Å²) in [5, 5.41) is 12.0. The third-order valence-corrected chi connectivity index (χ3v) is 6.58. The number of hydrogen-bond donors (Lipinski definition) is 2. The second kappa shape index (κ2) is 10.1. The van der Waals surface area contributed by atoms with Gasteiger partial charge in [-0.25, -0.2) is 0 Å². The molecule has 0 aliphatic heterocycles. The molecule has 0 spiro atoms. The van der Waals surface area contributed by atoms with Gasteiger partial charge >= 0.3 is 0 Å². The van der Waals surface area contributed by atoms with E-state index < -0.39 is 0 Å². The Hall–Kier alpha value is -2.66. The summed E-state index contributed by atoms with van der Waals surface area (Å²) in [5.41, 5.74) is 5.41. The van der Waals surface area contributed by atoms with Gasteiger partial charge in [-0.05, 0) is 73.3 Å². The number of nitrogens with one attached hydrogen (secondary N) is 2. The fraction of sp³-hybridized carbons (Fsp3) is 0.444. The van der Waals surface area contributed by atoms with E-state index in [9.17, 15) is 4.79 Å². The average Bonchev–Trinajstić information content (AvgIpc) is 3.18. The number of pyridine rings is 1. The SMILES string of the molecule is CC(C)(C)CC(=O)N[C@H]1CC[C@@H](Cc2[nH]nc(-c3ccc(Cl)cc3)c2-c2ccncc2)CC1. The minimum Gasteiger partial charge on any atom is -0.353 e. The maximum atomic E-state index is 12.3. The molecule has 2 heterocycles. The zero-order valence-corrected chi connectivity index (χ0v) is 20.5. The van der Waals surface area contributed by atoms with Crippen LogP contribution in [0.5, 0.6) is 0 Å². The minimum absolute atomic E-state index is 0.0209. The second-order valence-electron chi connectivity index (χ2n) is 10.4. The molecule has 0 bridgehead atoms. The molecular formula is C27H33ClN4O. The van der Waals surface area contributed by atoms with Gasteiger partial charge in [0, 0.05) is 46.7 Å². The molecule has 1 fully saturated rings. The summed E-state index contributed by atoms with van der Waals surface area (Å²) < 4.78 is 0. The predicted octanol–water partition coefficient (Wildman–Crippen LogP) is 6.45. The van der Waals surface area contributed by atoms with Gasteiger partial charge < -0.3 is 5.32 Å². The number of rotatable bonds is 6. The van der Waals surface area contributed by atoms with Crippen molar-refractivity contribution in [2.45, 2.75) is 65.3 Å². The highest BCUT2D eigenvalue weighted by molar-refractivity contribution is 6.30. The smallest absolute Gasteiger partial charge is 0.220 e. The van der Waals surface area contributed by atoms with Crippen LogP contribution in [0, 0.1) is 11.3 Å². The molecular weight excluding hydrogens is 432 g/mol. The van der Waals surface area contributed by atoms with Crippen LogP contribution in [0.25, 0.3) is 22.4 Å². The van der Waals surface area contributed by atoms with E-state index in [4.69, 9.17) is 16.7 Å². The van der Waals surface area contributed by atoms with E-state index in [1.807, 2.05) is 48.8 Å². The number of carbonyl (C=O) groups excluding carboxylic acids is 1. The Kier molecular flexibility index (Phi) is 7.18. The lowest BCUT2D eigenvalue weighted by Crippen LogP contribution is -2.39. The van der Waals surface area contributed by atoms with Gasteiger partial charge in [0.15, 0.2) is 0 Å². The molecule has 0 atom stereocenters. The molecule has 2 N–H and O–H groups in total. The highest BCUT2D eigenvalue weighted by atomic mass is 35.5. The zero-order valence-electron chi connectivity index (χ0n) is 19.7. The van der Waals surface area contributed by atoms with Crippen molar-refractivity contribution in [1.82, 2.24) is 20.5 Å². The number of amides is 1. The van der Waals surface area contributed by atoms with Gasteiger partial charge in [-0.1, -0.05) is 44.5 Å². The van der Waals surface area contributed by atoms with E-state index >= 15 is 0 Å². The monoisotopic (exact) mass is 464 g/mol. The Morgan fingerprint density at radius 3 is 2.33 bits per heavy atom. The number of aromatic amines is 1. The Morgan fingerprint density at radius 2 is 1.70 bits per heavy atom. The van der Waals surface area contributed by atoms with Gasteiger partial charge in [0.25, 0.3) is 0 Å². The van der Waals surface area contributed by atoms with E-state index in [-0.39, 0.29) is 11.3 Å². The lowest BCUT2D eigenvalue weighted by molar-refractivity contribution is -0.123. The van der Waals surface area contributed by atoms with E-state index in [1.54, 1.807) is 0 Å². The van der Waals surface area contributed by atoms with Crippen molar-refractivity contribution in [2.24, 2.45) is 11.3 Å². The van der Waals surface area contributed by atoms with Crippen molar-refractivity contribution in [3.63, 3.8) is 0 Å². The lowest BCUT2D eigenvalue weighted by atomic mass is 9.82. The molecule has 2 aromatic heterocycles. The Labute approximate surface area is 201 Å². The molecule has 3 aromatic rings. The number of halogens is 1. The molecule has 5 nitrogen and oxygen atoms in total. The fourth-order valence-electron chi connectivity index (χ4n) is 4.73. The van der Waals surface area contributed by atoms with E-state index in [0.717, 1.165) is 60.2 Å². The van der Waals surface area contributed by atoms with Crippen LogP contribution in [-0.2, 0) is 11.2 Å². The number of carbonyl (C=O) groups is 1. The van der Waals surface area contributed by atoms with E-state index in [2.05, 4.69) is 36.2 Å². The van der Waals surface area contributed by atoms with Crippen LogP contribution in [0.3, 0.4) is 0 Å². The van der Waals surface area contributed by atoms with Crippen LogP contribution in [0.1, 0.15) is 58.6 Å². The van der Waals surface area contributed by atoms with Gasteiger partial charge in [0.05, 0.1) is 0 Å². The summed E-state index contributed by atoms with van der Waals surface area (Å²) in [7, 11) is 0. The van der Waals surface area contributed by atoms with Crippen molar-refractivity contribution >= 4 is 17.5 Å². The third kappa shape index (κ3) is 6.23. The van der Waals surface area contributed by atoms with E-state index in [1.165, 1.54) is 0 Å². The summed E-state index contributed by atoms with van der Waals surface area (Å²) in [6.07, 6.45) is 9.43. The van der Waals surface area contributed by atoms with Crippen molar-refractivity contribution in [2.75, 3.05) is 0 Å². The maximum absolute atomic E-state index is 12.3. The van der Waals surface area contributed by atoms with Gasteiger partial charge in [-0.2, -0.15) is 5.10 Å². The summed E-state index contributed by atoms with van der Waals surface area (Å²) >= 11 is 6.10. The van der Waals surface area contributed by atoms with Gasteiger partial charge in [-0.15, -0.1) is 0 Å². The molecule has 1 aliphatic rings. The first-order valence-electron chi connectivity index (χ1n) is 11.8. The number of aromatic nitrogens is 3. The number of hydrogen-bond acceptors (Lipinski definition) is 3. The molecule has 1 saturated carbocycles. The zero-order chi connectivity index (χ0) is 23.4. The Morgan fingerprint density at radius 1 is 1.03 bits per heavy atom. The molecule has 33 heavy (non-hydrogen) atoms. The van der Waals surface area contributed by atoms with Crippen LogP contribution < -0.4 is 5.32 Å². The highest BCUT2D eigenvalue weighted by Crippen LogP contribution is 2.36. The van der Waals surface area contributed by atoms with Crippen LogP contribution in [0.15, 0.2) is 48.8 Å². The topological polar surface area (TPSA) is 70.7 Å². The van der Waals surface area contributed by atoms with Crippen LogP contribution >= 0.6 is 11.6 Å². The van der Waals surface area contributed by atoms with Crippen LogP contribution in [-0.4, -0.2) is 27.1 Å². The van der Waals surface area contributed by atoms with Crippen LogP contribution in [0.4, 0.5) is 0 Å². The summed E-state index contributed by atoms with van der Waals surface area (Å²) in [6.45, 7) is 6.31. The Bertz CT molecular complexity index is 1060. The maximum Gasteiger partial charge on any atom is 0.220 e. The summed E-state index contributed by atoms with van der Waals surface area (Å²) in [6, 6.07) is 12.2. The normalized spacial score (nSPS) is 18.8. The van der Waals surface area contributed by atoms with Gasteiger partial charge in [-0.3, -0.25) is 14.9 Å². The first-order chi connectivity index (χ1) is 15.8. The average molecular weight is 465 g/mol. The molecule has 1 aliphatic carbocycles.